The molecule has 1 N–H and O–H groups in total. The van der Waals surface area contributed by atoms with Crippen LogP contribution in [-0.2, 0) is 11.2 Å². The molecule has 0 aliphatic carbocycles. The van der Waals surface area contributed by atoms with E-state index in [0.29, 0.717) is 17.4 Å². The fourth-order valence-electron chi connectivity index (χ4n) is 1.74. The molecule has 0 atom stereocenters. The average molecular weight is 275 g/mol. The van der Waals surface area contributed by atoms with Crippen LogP contribution in [0.3, 0.4) is 0 Å². The lowest BCUT2D eigenvalue weighted by Crippen LogP contribution is -2.17. The molecule has 1 amide bonds. The minimum absolute atomic E-state index is 0.152. The Morgan fingerprint density at radius 1 is 1.30 bits per heavy atom. The Hall–Kier alpha value is -2.44. The van der Waals surface area contributed by atoms with E-state index in [1.165, 1.54) is 0 Å². The van der Waals surface area contributed by atoms with Crippen molar-refractivity contribution in [2.75, 3.05) is 24.3 Å². The summed E-state index contributed by atoms with van der Waals surface area (Å²) >= 11 is 0. The number of hydrogen-bond donors (Lipinski definition) is 1. The summed E-state index contributed by atoms with van der Waals surface area (Å²) < 4.78 is 5.03. The lowest BCUT2D eigenvalue weighted by molar-refractivity contribution is -0.115. The van der Waals surface area contributed by atoms with Crippen LogP contribution in [-0.4, -0.2) is 35.1 Å². The maximum absolute atomic E-state index is 12.0. The van der Waals surface area contributed by atoms with Gasteiger partial charge in [-0.25, -0.2) is 9.97 Å². The molecule has 0 aliphatic rings. The smallest absolute Gasteiger partial charge is 0.229 e. The van der Waals surface area contributed by atoms with Gasteiger partial charge >= 0.3 is 0 Å². The molecule has 0 unspecified atom stereocenters. The van der Waals surface area contributed by atoms with Crippen molar-refractivity contribution in [2.45, 2.75) is 20.3 Å². The number of nitrogens with zero attached hydrogens (tertiary/aromatic N) is 4. The maximum atomic E-state index is 12.0. The van der Waals surface area contributed by atoms with Crippen molar-refractivity contribution in [2.24, 2.45) is 0 Å². The molecule has 7 heteroatoms. The van der Waals surface area contributed by atoms with Crippen molar-refractivity contribution in [1.29, 1.82) is 0 Å². The summed E-state index contributed by atoms with van der Waals surface area (Å²) in [6, 6.07) is 0. The van der Waals surface area contributed by atoms with Crippen LogP contribution < -0.4 is 10.2 Å². The van der Waals surface area contributed by atoms with Crippen LogP contribution >= 0.6 is 0 Å². The molecule has 2 rings (SSSR count). The standard InChI is InChI=1S/C13H17N5O2/c1-8-11(9(2)20-17-8)5-12(19)16-10-6-14-13(15-7-10)18(3)4/h6-7H,5H2,1-4H3,(H,16,19). The first-order chi connectivity index (χ1) is 9.47. The minimum atomic E-state index is -0.152. The summed E-state index contributed by atoms with van der Waals surface area (Å²) in [5.41, 5.74) is 2.11. The molecule has 0 aromatic carbocycles. The van der Waals surface area contributed by atoms with Crippen molar-refractivity contribution in [3.05, 3.63) is 29.4 Å². The Morgan fingerprint density at radius 3 is 2.45 bits per heavy atom. The van der Waals surface area contributed by atoms with Crippen LogP contribution in [0.1, 0.15) is 17.0 Å². The number of carbonyl (C=O) groups excluding carboxylic acids is 1. The second-order valence-corrected chi connectivity index (χ2v) is 4.69. The monoisotopic (exact) mass is 275 g/mol. The van der Waals surface area contributed by atoms with Gasteiger partial charge < -0.3 is 14.7 Å². The van der Waals surface area contributed by atoms with Crippen LogP contribution in [0.4, 0.5) is 11.6 Å². The third-order valence-corrected chi connectivity index (χ3v) is 2.84. The van der Waals surface area contributed by atoms with Crippen LogP contribution in [0.5, 0.6) is 0 Å². The van der Waals surface area contributed by atoms with Crippen molar-refractivity contribution >= 4 is 17.5 Å². The summed E-state index contributed by atoms with van der Waals surface area (Å²) in [6.07, 6.45) is 3.37. The van der Waals surface area contributed by atoms with Gasteiger partial charge in [0.25, 0.3) is 0 Å². The van der Waals surface area contributed by atoms with Gasteiger partial charge in [-0.2, -0.15) is 0 Å². The first-order valence-electron chi connectivity index (χ1n) is 6.18. The number of hydrogen-bond acceptors (Lipinski definition) is 6. The third kappa shape index (κ3) is 3.11. The van der Waals surface area contributed by atoms with Crippen molar-refractivity contribution < 1.29 is 9.32 Å². The van der Waals surface area contributed by atoms with Crippen molar-refractivity contribution in [3.8, 4) is 0 Å². The highest BCUT2D eigenvalue weighted by Gasteiger charge is 2.13. The summed E-state index contributed by atoms with van der Waals surface area (Å²) in [5.74, 6) is 1.10. The predicted octanol–water partition coefficient (Wildman–Crippen LogP) is 1.33. The largest absolute Gasteiger partial charge is 0.361 e. The van der Waals surface area contributed by atoms with E-state index in [2.05, 4.69) is 20.4 Å². The fraction of sp³-hybridized carbons (Fsp3) is 0.385. The Balaban J connectivity index is 2.01. The van der Waals surface area contributed by atoms with Gasteiger partial charge in [-0.15, -0.1) is 0 Å². The lowest BCUT2D eigenvalue weighted by atomic mass is 10.1. The average Bonchev–Trinajstić information content (AvgIpc) is 2.71. The third-order valence-electron chi connectivity index (χ3n) is 2.84. The van der Waals surface area contributed by atoms with Gasteiger partial charge in [-0.3, -0.25) is 4.79 Å². The van der Waals surface area contributed by atoms with Gasteiger partial charge in [0.1, 0.15) is 5.76 Å². The van der Waals surface area contributed by atoms with Gasteiger partial charge in [0, 0.05) is 19.7 Å². The second kappa shape index (κ2) is 5.68. The minimum Gasteiger partial charge on any atom is -0.361 e. The molecule has 2 heterocycles. The summed E-state index contributed by atoms with van der Waals surface area (Å²) in [4.78, 5) is 22.0. The molecule has 7 nitrogen and oxygen atoms in total. The fourth-order valence-corrected chi connectivity index (χ4v) is 1.74. The lowest BCUT2D eigenvalue weighted by Gasteiger charge is -2.10. The van der Waals surface area contributed by atoms with Gasteiger partial charge in [0.05, 0.1) is 30.2 Å². The highest BCUT2D eigenvalue weighted by molar-refractivity contribution is 5.92. The summed E-state index contributed by atoms with van der Waals surface area (Å²) in [7, 11) is 3.70. The molecule has 2 aromatic rings. The molecule has 0 bridgehead atoms. The van der Waals surface area contributed by atoms with Gasteiger partial charge in [-0.05, 0) is 13.8 Å². The zero-order chi connectivity index (χ0) is 14.7. The molecule has 0 fully saturated rings. The number of rotatable bonds is 4. The topological polar surface area (TPSA) is 84.2 Å². The van der Waals surface area contributed by atoms with Gasteiger partial charge in [0.2, 0.25) is 11.9 Å². The highest BCUT2D eigenvalue weighted by Crippen LogP contribution is 2.14. The highest BCUT2D eigenvalue weighted by atomic mass is 16.5. The molecule has 20 heavy (non-hydrogen) atoms. The van der Waals surface area contributed by atoms with Crippen LogP contribution in [0, 0.1) is 13.8 Å². The van der Waals surface area contributed by atoms with Crippen LogP contribution in [0.25, 0.3) is 0 Å². The summed E-state index contributed by atoms with van der Waals surface area (Å²) in [5, 5.41) is 6.57. The Bertz CT molecular complexity index is 584. The molecular weight excluding hydrogens is 258 g/mol. The van der Waals surface area contributed by atoms with Gasteiger partial charge in [0.15, 0.2) is 0 Å². The number of aryl methyl sites for hydroxylation is 2. The molecule has 106 valence electrons. The first-order valence-corrected chi connectivity index (χ1v) is 6.18. The van der Waals surface area contributed by atoms with E-state index >= 15 is 0 Å². The number of aromatic nitrogens is 3. The van der Waals surface area contributed by atoms with E-state index in [0.717, 1.165) is 11.3 Å². The van der Waals surface area contributed by atoms with Crippen molar-refractivity contribution in [3.63, 3.8) is 0 Å². The second-order valence-electron chi connectivity index (χ2n) is 4.69. The number of carbonyl (C=O) groups is 1. The van der Waals surface area contributed by atoms with Crippen molar-refractivity contribution in [1.82, 2.24) is 15.1 Å². The van der Waals surface area contributed by atoms with E-state index in [1.807, 2.05) is 21.0 Å². The molecule has 0 saturated carbocycles. The SMILES string of the molecule is Cc1noc(C)c1CC(=O)Nc1cnc(N(C)C)nc1. The maximum Gasteiger partial charge on any atom is 0.229 e. The number of amides is 1. The molecular formula is C13H17N5O2. The van der Waals surface area contributed by atoms with Crippen LogP contribution in [0.15, 0.2) is 16.9 Å². The summed E-state index contributed by atoms with van der Waals surface area (Å²) in [6.45, 7) is 3.60. The van der Waals surface area contributed by atoms with E-state index in [-0.39, 0.29) is 12.3 Å². The first kappa shape index (κ1) is 14.0. The predicted molar refractivity (Wildman–Crippen MR) is 74.7 cm³/mol. The number of nitrogens with one attached hydrogen (secondary N) is 1. The van der Waals surface area contributed by atoms with E-state index in [9.17, 15) is 4.79 Å². The Labute approximate surface area is 117 Å². The van der Waals surface area contributed by atoms with E-state index in [4.69, 9.17) is 4.52 Å². The van der Waals surface area contributed by atoms with Gasteiger partial charge in [-0.1, -0.05) is 5.16 Å². The molecule has 0 spiro atoms. The normalized spacial score (nSPS) is 10.4. The molecule has 0 radical (unpaired) electrons. The zero-order valence-corrected chi connectivity index (χ0v) is 12.0. The molecule has 2 aromatic heterocycles. The Morgan fingerprint density at radius 2 is 1.95 bits per heavy atom. The Kier molecular flexibility index (Phi) is 3.97. The molecule has 0 saturated heterocycles. The van der Waals surface area contributed by atoms with E-state index in [1.54, 1.807) is 24.2 Å². The van der Waals surface area contributed by atoms with E-state index < -0.39 is 0 Å². The quantitative estimate of drug-likeness (QED) is 0.906. The molecule has 0 aliphatic heterocycles. The van der Waals surface area contributed by atoms with Crippen LogP contribution in [0.2, 0.25) is 0 Å². The number of anilines is 2. The zero-order valence-electron chi connectivity index (χ0n) is 12.0.